The molecule has 1 amide bonds. The van der Waals surface area contributed by atoms with E-state index in [0.29, 0.717) is 22.4 Å². The Morgan fingerprint density at radius 1 is 1.03 bits per heavy atom. The summed E-state index contributed by atoms with van der Waals surface area (Å²) in [5.41, 5.74) is 1.60. The molecule has 0 saturated heterocycles. The Balaban J connectivity index is 1.84. The largest absolute Gasteiger partial charge is 0.450 e. The number of halogens is 1. The quantitative estimate of drug-likeness (QED) is 0.513. The summed E-state index contributed by atoms with van der Waals surface area (Å²) in [4.78, 5) is 32.4. The highest BCUT2D eigenvalue weighted by Crippen LogP contribution is 2.40. The van der Waals surface area contributed by atoms with Gasteiger partial charge in [-0.15, -0.1) is 0 Å². The predicted molar refractivity (Wildman–Crippen MR) is 107 cm³/mol. The molecule has 1 aliphatic heterocycles. The van der Waals surface area contributed by atoms with Gasteiger partial charge in [0.25, 0.3) is 5.91 Å². The minimum absolute atomic E-state index is 0.0359. The summed E-state index contributed by atoms with van der Waals surface area (Å²) in [7, 11) is 0. The summed E-state index contributed by atoms with van der Waals surface area (Å²) >= 11 is 0. The van der Waals surface area contributed by atoms with E-state index >= 15 is 0 Å². The van der Waals surface area contributed by atoms with Gasteiger partial charge in [0.2, 0.25) is 5.76 Å². The molecule has 0 radical (unpaired) electrons. The SMILES string of the molecule is Cc1ccnc(N2C(=O)c3oc4ccccc4c(=O)c3C2c2cccc(F)c2)c1. The van der Waals surface area contributed by atoms with Crippen molar-refractivity contribution in [3.05, 3.63) is 105 Å². The second-order valence-corrected chi connectivity index (χ2v) is 6.99. The van der Waals surface area contributed by atoms with E-state index in [9.17, 15) is 14.0 Å². The number of nitrogens with zero attached hydrogens (tertiary/aromatic N) is 2. The lowest BCUT2D eigenvalue weighted by Gasteiger charge is -2.24. The zero-order valence-corrected chi connectivity index (χ0v) is 15.4. The summed E-state index contributed by atoms with van der Waals surface area (Å²) < 4.78 is 19.9. The first-order valence-corrected chi connectivity index (χ1v) is 9.12. The first-order valence-electron chi connectivity index (χ1n) is 9.12. The van der Waals surface area contributed by atoms with E-state index in [1.807, 2.05) is 13.0 Å². The summed E-state index contributed by atoms with van der Waals surface area (Å²) in [5, 5.41) is 0.375. The third-order valence-electron chi connectivity index (χ3n) is 5.09. The molecule has 0 spiro atoms. The van der Waals surface area contributed by atoms with Gasteiger partial charge in [-0.2, -0.15) is 0 Å². The van der Waals surface area contributed by atoms with E-state index < -0.39 is 17.8 Å². The van der Waals surface area contributed by atoms with Crippen LogP contribution in [0.1, 0.15) is 33.3 Å². The second kappa shape index (κ2) is 6.38. The van der Waals surface area contributed by atoms with Crippen molar-refractivity contribution >= 4 is 22.7 Å². The van der Waals surface area contributed by atoms with Crippen LogP contribution >= 0.6 is 0 Å². The fraction of sp³-hybridized carbons (Fsp3) is 0.0870. The average Bonchev–Trinajstić information content (AvgIpc) is 3.01. The number of aryl methyl sites for hydroxylation is 1. The van der Waals surface area contributed by atoms with Crippen LogP contribution in [0.2, 0.25) is 0 Å². The number of benzene rings is 2. The Kier molecular flexibility index (Phi) is 3.81. The molecular weight excluding hydrogens is 371 g/mol. The first kappa shape index (κ1) is 17.3. The molecule has 3 heterocycles. The van der Waals surface area contributed by atoms with Gasteiger partial charge in [0.05, 0.1) is 17.0 Å². The van der Waals surface area contributed by atoms with Gasteiger partial charge in [-0.25, -0.2) is 9.37 Å². The van der Waals surface area contributed by atoms with Gasteiger partial charge in [-0.3, -0.25) is 14.5 Å². The van der Waals surface area contributed by atoms with Crippen molar-refractivity contribution in [3.63, 3.8) is 0 Å². The fourth-order valence-electron chi connectivity index (χ4n) is 3.80. The number of aromatic nitrogens is 1. The maximum absolute atomic E-state index is 14.0. The lowest BCUT2D eigenvalue weighted by molar-refractivity contribution is 0.0970. The van der Waals surface area contributed by atoms with Crippen LogP contribution in [0.25, 0.3) is 11.0 Å². The van der Waals surface area contributed by atoms with Gasteiger partial charge in [0, 0.05) is 6.20 Å². The number of carbonyl (C=O) groups is 1. The molecule has 29 heavy (non-hydrogen) atoms. The zero-order chi connectivity index (χ0) is 20.1. The number of rotatable bonds is 2. The minimum atomic E-state index is -0.830. The molecule has 4 aromatic rings. The van der Waals surface area contributed by atoms with Crippen LogP contribution in [-0.4, -0.2) is 10.9 Å². The number of hydrogen-bond donors (Lipinski definition) is 0. The van der Waals surface area contributed by atoms with Gasteiger partial charge in [-0.1, -0.05) is 24.3 Å². The van der Waals surface area contributed by atoms with Gasteiger partial charge >= 0.3 is 0 Å². The zero-order valence-electron chi connectivity index (χ0n) is 15.4. The van der Waals surface area contributed by atoms with E-state index in [1.165, 1.54) is 17.0 Å². The summed E-state index contributed by atoms with van der Waals surface area (Å²) in [5.74, 6) is -0.591. The van der Waals surface area contributed by atoms with Crippen LogP contribution in [0.5, 0.6) is 0 Å². The first-order chi connectivity index (χ1) is 14.0. The topological polar surface area (TPSA) is 63.4 Å². The van der Waals surface area contributed by atoms with Crippen LogP contribution in [0.15, 0.2) is 76.1 Å². The molecule has 0 aliphatic carbocycles. The highest BCUT2D eigenvalue weighted by atomic mass is 19.1. The van der Waals surface area contributed by atoms with Crippen molar-refractivity contribution in [1.29, 1.82) is 0 Å². The minimum Gasteiger partial charge on any atom is -0.450 e. The Bertz CT molecular complexity index is 1350. The lowest BCUT2D eigenvalue weighted by atomic mass is 9.98. The Morgan fingerprint density at radius 2 is 1.86 bits per heavy atom. The normalized spacial score (nSPS) is 15.7. The molecule has 142 valence electrons. The van der Waals surface area contributed by atoms with E-state index in [4.69, 9.17) is 4.42 Å². The number of pyridine rings is 1. The van der Waals surface area contributed by atoms with Crippen molar-refractivity contribution in [2.24, 2.45) is 0 Å². The molecule has 6 heteroatoms. The summed E-state index contributed by atoms with van der Waals surface area (Å²) in [6, 6.07) is 15.4. The van der Waals surface area contributed by atoms with Gasteiger partial charge < -0.3 is 4.42 Å². The second-order valence-electron chi connectivity index (χ2n) is 6.99. The molecule has 0 bridgehead atoms. The number of hydrogen-bond acceptors (Lipinski definition) is 4. The molecule has 5 rings (SSSR count). The Morgan fingerprint density at radius 3 is 2.66 bits per heavy atom. The van der Waals surface area contributed by atoms with E-state index in [2.05, 4.69) is 4.98 Å². The Labute approximate surface area is 165 Å². The summed E-state index contributed by atoms with van der Waals surface area (Å²) in [6.45, 7) is 1.88. The third-order valence-corrected chi connectivity index (χ3v) is 5.09. The molecule has 0 fully saturated rings. The molecule has 2 aromatic carbocycles. The highest BCUT2D eigenvalue weighted by Gasteiger charge is 2.44. The number of carbonyl (C=O) groups excluding carboxylic acids is 1. The van der Waals surface area contributed by atoms with Crippen LogP contribution < -0.4 is 10.3 Å². The number of anilines is 1. The molecule has 5 nitrogen and oxygen atoms in total. The standard InChI is InChI=1S/C23H15FN2O3/c1-13-9-10-25-18(11-13)26-20(14-5-4-6-15(24)12-14)19-21(27)16-7-2-3-8-17(16)29-22(19)23(26)28/h2-12,20H,1H3. The van der Waals surface area contributed by atoms with E-state index in [-0.39, 0.29) is 16.8 Å². The van der Waals surface area contributed by atoms with Gasteiger partial charge in [0.1, 0.15) is 17.2 Å². The van der Waals surface area contributed by atoms with E-state index in [1.54, 1.807) is 48.7 Å². The monoisotopic (exact) mass is 386 g/mol. The number of amides is 1. The maximum atomic E-state index is 14.0. The predicted octanol–water partition coefficient (Wildman–Crippen LogP) is 4.39. The molecule has 2 aromatic heterocycles. The van der Waals surface area contributed by atoms with Crippen LogP contribution in [0, 0.1) is 12.7 Å². The van der Waals surface area contributed by atoms with Crippen LogP contribution in [0.3, 0.4) is 0 Å². The van der Waals surface area contributed by atoms with Crippen molar-refractivity contribution in [2.75, 3.05) is 4.90 Å². The lowest BCUT2D eigenvalue weighted by Crippen LogP contribution is -2.30. The Hall–Kier alpha value is -3.80. The van der Waals surface area contributed by atoms with Crippen molar-refractivity contribution in [1.82, 2.24) is 4.98 Å². The molecule has 1 atom stereocenters. The molecule has 0 N–H and O–H groups in total. The molecule has 0 saturated carbocycles. The van der Waals surface area contributed by atoms with Crippen molar-refractivity contribution in [3.8, 4) is 0 Å². The highest BCUT2D eigenvalue weighted by molar-refractivity contribution is 6.10. The van der Waals surface area contributed by atoms with Crippen molar-refractivity contribution in [2.45, 2.75) is 13.0 Å². The molecule has 1 unspecified atom stereocenters. The van der Waals surface area contributed by atoms with Crippen molar-refractivity contribution < 1.29 is 13.6 Å². The maximum Gasteiger partial charge on any atom is 0.296 e. The number of para-hydroxylation sites is 1. The molecule has 1 aliphatic rings. The van der Waals surface area contributed by atoms with Gasteiger partial charge in [-0.05, 0) is 54.4 Å². The molecular formula is C23H15FN2O3. The smallest absolute Gasteiger partial charge is 0.296 e. The third kappa shape index (κ3) is 2.64. The van der Waals surface area contributed by atoms with Gasteiger partial charge in [0.15, 0.2) is 5.43 Å². The number of fused-ring (bicyclic) bond motifs is 2. The summed E-state index contributed by atoms with van der Waals surface area (Å²) in [6.07, 6.45) is 1.59. The van der Waals surface area contributed by atoms with Crippen LogP contribution in [-0.2, 0) is 0 Å². The fourth-order valence-corrected chi connectivity index (χ4v) is 3.80. The van der Waals surface area contributed by atoms with E-state index in [0.717, 1.165) is 5.56 Å². The average molecular weight is 386 g/mol. The van der Waals surface area contributed by atoms with Crippen LogP contribution in [0.4, 0.5) is 10.2 Å².